The molecule has 4 atom stereocenters. The number of aliphatic carboxylic acids is 1. The highest BCUT2D eigenvalue weighted by atomic mass is 32.1. The average molecular weight is 842 g/mol. The Morgan fingerprint density at radius 2 is 1.30 bits per heavy atom. The SMILES string of the molecule is O=C1COc2ccc(cc2)CC(C(=O)NC2(C(=O)O)CC2)NC(=O)C(CCc2ccccc2)NC(=O)C(Cc2ccc(-c3ccccc3)cc2)NC(=O)C(Cc2cccs2)N1. The molecule has 3 aliphatic rings. The molecular weight excluding hydrogens is 795 g/mol. The van der Waals surface area contributed by atoms with Crippen molar-refractivity contribution in [2.45, 2.75) is 74.7 Å². The quantitative estimate of drug-likeness (QED) is 0.107. The molecule has 13 nitrogen and oxygen atoms in total. The number of carbonyl (C=O) groups excluding carboxylic acids is 5. The van der Waals surface area contributed by atoms with Crippen molar-refractivity contribution in [1.82, 2.24) is 26.6 Å². The fourth-order valence-corrected chi connectivity index (χ4v) is 7.93. The van der Waals surface area contributed by atoms with E-state index in [0.29, 0.717) is 17.7 Å². The molecule has 14 heteroatoms. The zero-order valence-corrected chi connectivity index (χ0v) is 34.1. The molecule has 1 aromatic heterocycles. The predicted molar refractivity (Wildman–Crippen MR) is 229 cm³/mol. The zero-order valence-electron chi connectivity index (χ0n) is 33.3. The van der Waals surface area contributed by atoms with Gasteiger partial charge in [0, 0.05) is 24.1 Å². The van der Waals surface area contributed by atoms with Crippen LogP contribution in [-0.2, 0) is 54.5 Å². The number of aryl methyl sites for hydroxylation is 1. The molecule has 2 bridgehead atoms. The Balaban J connectivity index is 1.22. The van der Waals surface area contributed by atoms with Gasteiger partial charge < -0.3 is 36.4 Å². The highest BCUT2D eigenvalue weighted by Gasteiger charge is 2.52. The van der Waals surface area contributed by atoms with Gasteiger partial charge in [0.2, 0.25) is 23.6 Å². The largest absolute Gasteiger partial charge is 0.484 e. The molecule has 3 heterocycles. The number of thiophene rings is 1. The number of benzene rings is 4. The Kier molecular flexibility index (Phi) is 13.5. The molecule has 0 saturated heterocycles. The van der Waals surface area contributed by atoms with Crippen molar-refractivity contribution >= 4 is 46.8 Å². The molecule has 5 amide bonds. The smallest absolute Gasteiger partial charge is 0.329 e. The molecule has 0 spiro atoms. The van der Waals surface area contributed by atoms with E-state index < -0.39 is 71.8 Å². The van der Waals surface area contributed by atoms with Crippen molar-refractivity contribution in [3.8, 4) is 16.9 Å². The minimum Gasteiger partial charge on any atom is -0.484 e. The maximum Gasteiger partial charge on any atom is 0.329 e. The summed E-state index contributed by atoms with van der Waals surface area (Å²) in [6.07, 6.45) is 1.19. The number of carboxylic acid groups (broad SMARTS) is 1. The summed E-state index contributed by atoms with van der Waals surface area (Å²) in [5.41, 5.74) is 2.80. The molecule has 61 heavy (non-hydrogen) atoms. The average Bonchev–Trinajstić information content (AvgIpc) is 3.88. The van der Waals surface area contributed by atoms with E-state index in [9.17, 15) is 33.9 Å². The first-order valence-electron chi connectivity index (χ1n) is 20.2. The van der Waals surface area contributed by atoms with Gasteiger partial charge in [0.15, 0.2) is 6.61 Å². The minimum absolute atomic E-state index is 0.0184. The molecule has 314 valence electrons. The van der Waals surface area contributed by atoms with Crippen molar-refractivity contribution in [3.05, 3.63) is 148 Å². The highest BCUT2D eigenvalue weighted by molar-refractivity contribution is 7.09. The first-order chi connectivity index (χ1) is 29.5. The van der Waals surface area contributed by atoms with E-state index in [-0.39, 0.29) is 38.5 Å². The molecule has 1 aliphatic carbocycles. The maximum atomic E-state index is 14.6. The number of hydrogen-bond donors (Lipinski definition) is 6. The van der Waals surface area contributed by atoms with Gasteiger partial charge in [-0.05, 0) is 77.1 Å². The van der Waals surface area contributed by atoms with Crippen LogP contribution in [0.25, 0.3) is 11.1 Å². The molecule has 2 aliphatic heterocycles. The normalized spacial score (nSPS) is 20.6. The summed E-state index contributed by atoms with van der Waals surface area (Å²) in [4.78, 5) is 83.2. The van der Waals surface area contributed by atoms with Crippen LogP contribution in [0.2, 0.25) is 0 Å². The lowest BCUT2D eigenvalue weighted by molar-refractivity contribution is -0.143. The Hall–Kier alpha value is -6.80. The summed E-state index contributed by atoms with van der Waals surface area (Å²) < 4.78 is 5.76. The van der Waals surface area contributed by atoms with Crippen molar-refractivity contribution < 1.29 is 38.6 Å². The third-order valence-electron chi connectivity index (χ3n) is 10.9. The minimum atomic E-state index is -1.42. The van der Waals surface area contributed by atoms with Crippen LogP contribution in [0.5, 0.6) is 5.75 Å². The van der Waals surface area contributed by atoms with Crippen molar-refractivity contribution in [3.63, 3.8) is 0 Å². The number of hydrogen-bond acceptors (Lipinski definition) is 8. The van der Waals surface area contributed by atoms with Crippen LogP contribution in [0.1, 0.15) is 40.8 Å². The monoisotopic (exact) mass is 841 g/mol. The van der Waals surface area contributed by atoms with Gasteiger partial charge in [-0.1, -0.05) is 103 Å². The van der Waals surface area contributed by atoms with E-state index in [2.05, 4.69) is 26.6 Å². The summed E-state index contributed by atoms with van der Waals surface area (Å²) in [5, 5.41) is 25.7. The molecule has 4 aromatic carbocycles. The summed E-state index contributed by atoms with van der Waals surface area (Å²) in [6.45, 7) is -0.410. The number of nitrogens with one attached hydrogen (secondary N) is 5. The molecule has 8 rings (SSSR count). The lowest BCUT2D eigenvalue weighted by Crippen LogP contribution is -2.60. The van der Waals surface area contributed by atoms with Gasteiger partial charge in [-0.25, -0.2) is 4.79 Å². The van der Waals surface area contributed by atoms with Crippen LogP contribution < -0.4 is 31.3 Å². The van der Waals surface area contributed by atoms with Crippen LogP contribution >= 0.6 is 11.3 Å². The third-order valence-corrected chi connectivity index (χ3v) is 11.8. The molecular formula is C47H47N5O8S. The standard InChI is InChI=1S/C47H47N5O8S/c53-41-29-60-35-20-15-32(16-21-35)27-39(45(57)52-47(23-24-47)46(58)59)51-42(54)37(22-17-30-8-3-1-4-9-30)49-43(55)38(50-44(56)40(48-41)28-36-12-7-25-61-36)26-31-13-18-34(19-14-31)33-10-5-2-6-11-33/h1-16,18-21,25,37-40H,17,22-24,26-29H2,(H,48,53)(H,49,55)(H,50,56)(H,51,54)(H,52,57)(H,58,59). The Morgan fingerprint density at radius 1 is 0.672 bits per heavy atom. The second-order valence-corrected chi connectivity index (χ2v) is 16.4. The van der Waals surface area contributed by atoms with Gasteiger partial charge in [-0.15, -0.1) is 11.3 Å². The fourth-order valence-electron chi connectivity index (χ4n) is 7.18. The van der Waals surface area contributed by atoms with Crippen molar-refractivity contribution in [1.29, 1.82) is 0 Å². The second-order valence-electron chi connectivity index (χ2n) is 15.4. The molecule has 5 aromatic rings. The first-order valence-corrected chi connectivity index (χ1v) is 21.1. The molecule has 4 unspecified atom stereocenters. The van der Waals surface area contributed by atoms with Crippen LogP contribution in [0, 0.1) is 0 Å². The van der Waals surface area contributed by atoms with Gasteiger partial charge >= 0.3 is 5.97 Å². The van der Waals surface area contributed by atoms with Gasteiger partial charge in [-0.2, -0.15) is 0 Å². The van der Waals surface area contributed by atoms with Gasteiger partial charge in [0.1, 0.15) is 35.5 Å². The number of carbonyl (C=O) groups is 6. The van der Waals surface area contributed by atoms with E-state index in [1.807, 2.05) is 102 Å². The zero-order chi connectivity index (χ0) is 42.8. The topological polar surface area (TPSA) is 192 Å². The third kappa shape index (κ3) is 11.5. The fraction of sp³-hybridized carbons (Fsp3) is 0.277. The van der Waals surface area contributed by atoms with Gasteiger partial charge in [0.05, 0.1) is 0 Å². The summed E-state index contributed by atoms with van der Waals surface area (Å²) in [7, 11) is 0. The van der Waals surface area contributed by atoms with Crippen LogP contribution in [-0.4, -0.2) is 76.9 Å². The Labute approximate surface area is 357 Å². The summed E-state index contributed by atoms with van der Waals surface area (Å²) in [5.74, 6) is -4.00. The molecule has 0 radical (unpaired) electrons. The Morgan fingerprint density at radius 3 is 1.93 bits per heavy atom. The number of ether oxygens (including phenoxy) is 1. The highest BCUT2D eigenvalue weighted by Crippen LogP contribution is 2.35. The molecule has 1 fully saturated rings. The first kappa shape index (κ1) is 42.3. The van der Waals surface area contributed by atoms with E-state index in [1.165, 1.54) is 11.3 Å². The van der Waals surface area contributed by atoms with Crippen LogP contribution in [0.4, 0.5) is 0 Å². The van der Waals surface area contributed by atoms with E-state index in [0.717, 1.165) is 27.1 Å². The van der Waals surface area contributed by atoms with E-state index >= 15 is 0 Å². The summed E-state index contributed by atoms with van der Waals surface area (Å²) >= 11 is 1.42. The van der Waals surface area contributed by atoms with Crippen molar-refractivity contribution in [2.24, 2.45) is 0 Å². The van der Waals surface area contributed by atoms with Crippen LogP contribution in [0.3, 0.4) is 0 Å². The number of carboxylic acids is 1. The van der Waals surface area contributed by atoms with Gasteiger partial charge in [0.25, 0.3) is 5.91 Å². The lowest BCUT2D eigenvalue weighted by Gasteiger charge is -2.27. The van der Waals surface area contributed by atoms with E-state index in [1.54, 1.807) is 24.3 Å². The molecule has 6 N–H and O–H groups in total. The van der Waals surface area contributed by atoms with Gasteiger partial charge in [-0.3, -0.25) is 24.0 Å². The number of rotatable bonds is 11. The van der Waals surface area contributed by atoms with E-state index in [4.69, 9.17) is 4.74 Å². The maximum absolute atomic E-state index is 14.6. The lowest BCUT2D eigenvalue weighted by atomic mass is 9.99. The van der Waals surface area contributed by atoms with Crippen molar-refractivity contribution in [2.75, 3.05) is 6.61 Å². The van der Waals surface area contributed by atoms with Crippen LogP contribution in [0.15, 0.2) is 127 Å². The number of fused-ring (bicyclic) bond motifs is 16. The predicted octanol–water partition coefficient (Wildman–Crippen LogP) is 4.14. The summed E-state index contributed by atoms with van der Waals surface area (Å²) in [6, 6.07) is 32.4. The second kappa shape index (κ2) is 19.5. The number of amides is 5. The Bertz CT molecular complexity index is 2320. The molecule has 1 saturated carbocycles.